The van der Waals surface area contributed by atoms with Gasteiger partial charge in [0.25, 0.3) is 0 Å². The van der Waals surface area contributed by atoms with Crippen LogP contribution < -0.4 is 56.0 Å². The van der Waals surface area contributed by atoms with Crippen LogP contribution in [0.3, 0.4) is 0 Å². The van der Waals surface area contributed by atoms with E-state index < -0.39 is 77.3 Å². The van der Waals surface area contributed by atoms with Gasteiger partial charge in [-0.15, -0.1) is 88.8 Å². The van der Waals surface area contributed by atoms with E-state index in [-0.39, 0.29) is 64.9 Å². The van der Waals surface area contributed by atoms with E-state index in [4.69, 9.17) is 36.9 Å². The molecular weight excluding hydrogens is 1950 g/mol. The molecule has 147 heavy (non-hydrogen) atoms. The van der Waals surface area contributed by atoms with Crippen molar-refractivity contribution in [2.45, 2.75) is 261 Å². The zero-order valence-corrected chi connectivity index (χ0v) is 87.7. The van der Waals surface area contributed by atoms with Gasteiger partial charge in [-0.2, -0.15) is 5.10 Å². The second-order valence-corrected chi connectivity index (χ2v) is 43.2. The predicted octanol–water partition coefficient (Wildman–Crippen LogP) is 21.4. The van der Waals surface area contributed by atoms with Crippen molar-refractivity contribution in [2.24, 2.45) is 0 Å². The van der Waals surface area contributed by atoms with Crippen molar-refractivity contribution in [1.82, 2.24) is 36.8 Å². The van der Waals surface area contributed by atoms with Gasteiger partial charge in [-0.05, 0) is 254 Å². The van der Waals surface area contributed by atoms with Crippen LogP contribution in [-0.2, 0) is 58.1 Å². The molecule has 1 saturated heterocycles. The Hall–Kier alpha value is -13.8. The largest absolute Gasteiger partial charge is 0.378 e. The van der Waals surface area contributed by atoms with Crippen LogP contribution in [0.25, 0.3) is 10.9 Å². The summed E-state index contributed by atoms with van der Waals surface area (Å²) < 4.78 is 33.3. The molecule has 766 valence electrons. The summed E-state index contributed by atoms with van der Waals surface area (Å²) in [4.78, 5) is 143. The summed E-state index contributed by atoms with van der Waals surface area (Å²) in [5.41, 5.74) is 7.30. The van der Waals surface area contributed by atoms with E-state index in [1.54, 1.807) is 29.8 Å². The van der Waals surface area contributed by atoms with Crippen molar-refractivity contribution < 1.29 is 61.5 Å². The molecule has 5 atom stereocenters. The average Bonchev–Trinajstić information content (AvgIpc) is 1.17. The molecule has 24 nitrogen and oxygen atoms in total. The lowest BCUT2D eigenvalue weighted by Crippen LogP contribution is -2.47. The highest BCUT2D eigenvalue weighted by Crippen LogP contribution is 2.42. The third-order valence-corrected chi connectivity index (χ3v) is 31.7. The fourth-order valence-corrected chi connectivity index (χ4v) is 23.6. The zero-order valence-electron chi connectivity index (χ0n) is 83.6. The van der Waals surface area contributed by atoms with Crippen molar-refractivity contribution >= 4 is 161 Å². The first kappa shape index (κ1) is 110. The van der Waals surface area contributed by atoms with E-state index >= 15 is 0 Å². The smallest absolute Gasteiger partial charge is 0.303 e. The second-order valence-electron chi connectivity index (χ2n) is 38.3. The van der Waals surface area contributed by atoms with Crippen LogP contribution in [0.1, 0.15) is 253 Å². The molecule has 5 unspecified atom stereocenters. The minimum absolute atomic E-state index is 0.00423. The molecule has 11 aromatic rings. The Balaban J connectivity index is 0.000000154. The molecule has 1 aliphatic heterocycles. The van der Waals surface area contributed by atoms with Gasteiger partial charge in [0.2, 0.25) is 29.5 Å². The Morgan fingerprint density at radius 1 is 0.388 bits per heavy atom. The van der Waals surface area contributed by atoms with Crippen LogP contribution in [0.15, 0.2) is 197 Å². The number of aromatic nitrogens is 2. The first-order valence-corrected chi connectivity index (χ1v) is 54.7. The Bertz CT molecular complexity index is 6310. The molecule has 0 bridgehead atoms. The Morgan fingerprint density at radius 2 is 0.701 bits per heavy atom. The van der Waals surface area contributed by atoms with Crippen molar-refractivity contribution in [3.63, 3.8) is 0 Å². The molecule has 5 aliphatic carbocycles. The number of anilines is 6. The highest BCUT2D eigenvalue weighted by molar-refractivity contribution is 7.11. The van der Waals surface area contributed by atoms with Gasteiger partial charge in [0.05, 0.1) is 30.6 Å². The van der Waals surface area contributed by atoms with Gasteiger partial charge >= 0.3 is 29.5 Å². The van der Waals surface area contributed by atoms with Crippen molar-refractivity contribution in [3.05, 3.63) is 250 Å². The van der Waals surface area contributed by atoms with Gasteiger partial charge in [-0.1, -0.05) is 177 Å². The topological polar surface area (TPSA) is 288 Å². The number of morpholine rings is 1. The molecule has 5 aromatic carbocycles. The first-order valence-electron chi connectivity index (χ1n) is 50.3. The molecule has 31 heteroatoms. The van der Waals surface area contributed by atoms with Crippen molar-refractivity contribution in [2.75, 3.05) is 55.7 Å². The fourth-order valence-electron chi connectivity index (χ4n) is 19.6. The van der Waals surface area contributed by atoms with E-state index in [0.29, 0.717) is 46.9 Å². The van der Waals surface area contributed by atoms with Crippen LogP contribution >= 0.6 is 56.7 Å². The number of rotatable bonds is 26. The maximum atomic E-state index is 14.5. The van der Waals surface area contributed by atoms with Gasteiger partial charge in [-0.25, -0.2) is 8.78 Å². The summed E-state index contributed by atoms with van der Waals surface area (Å²) in [6, 6.07) is 44.3. The molecule has 6 aliphatic rings. The maximum absolute atomic E-state index is 14.5. The fraction of sp³-hybridized carbons (Fsp3) is 0.388. The Morgan fingerprint density at radius 3 is 1.02 bits per heavy atom. The summed E-state index contributed by atoms with van der Waals surface area (Å²) in [5.74, 6) is 4.94. The zero-order chi connectivity index (χ0) is 104. The summed E-state index contributed by atoms with van der Waals surface area (Å²) >= 11 is 7.06. The number of terminal acetylenes is 5. The van der Waals surface area contributed by atoms with E-state index in [1.807, 2.05) is 169 Å². The number of carbonyl (C=O) groups is 10. The molecule has 10 amide bonds. The number of amides is 10. The Kier molecular flexibility index (Phi) is 41.0. The lowest BCUT2D eigenvalue weighted by Gasteiger charge is -2.32. The van der Waals surface area contributed by atoms with Gasteiger partial charge in [0, 0.05) is 108 Å². The third kappa shape index (κ3) is 29.8. The molecule has 5 saturated carbocycles. The predicted molar refractivity (Wildman–Crippen MR) is 585 cm³/mol. The number of benzene rings is 5. The summed E-state index contributed by atoms with van der Waals surface area (Å²) in [6.07, 6.45) is 55.5. The van der Waals surface area contributed by atoms with E-state index in [1.165, 1.54) is 102 Å². The quantitative estimate of drug-likeness (QED) is 0.0275. The number of thiophene rings is 5. The lowest BCUT2D eigenvalue weighted by molar-refractivity contribution is -0.126. The number of halogens is 2. The van der Waals surface area contributed by atoms with Gasteiger partial charge in [0.15, 0.2) is 30.2 Å². The van der Waals surface area contributed by atoms with Crippen LogP contribution in [0.5, 0.6) is 0 Å². The van der Waals surface area contributed by atoms with Crippen LogP contribution in [-0.4, -0.2) is 126 Å². The number of ether oxygens (including phenoxy) is 1. The highest BCUT2D eigenvalue weighted by atomic mass is 32.1. The summed E-state index contributed by atoms with van der Waals surface area (Å²) in [6.45, 7) is 13.4. The van der Waals surface area contributed by atoms with Crippen molar-refractivity contribution in [3.8, 4) is 61.7 Å². The first-order chi connectivity index (χ1) is 71.2. The van der Waals surface area contributed by atoms with Gasteiger partial charge in [0.1, 0.15) is 11.6 Å². The number of hydrogen-bond donors (Lipinski definition) is 6. The number of nitrogens with one attached hydrogen (secondary N) is 6. The van der Waals surface area contributed by atoms with Crippen LogP contribution in [0.2, 0.25) is 0 Å². The molecule has 6 fully saturated rings. The van der Waals surface area contributed by atoms with Gasteiger partial charge in [-0.3, -0.25) is 77.5 Å². The van der Waals surface area contributed by atoms with Gasteiger partial charge < -0.3 is 36.2 Å². The number of fused-ring (bicyclic) bond motifs is 1. The number of carbonyl (C=O) groups excluding carboxylic acids is 10. The monoisotopic (exact) mass is 2080 g/mol. The standard InChI is InChI=1S/C25H29N3O3S.C25H30N2O2S.C23H26N2O2S.C22H22N4O2S.C21H20F2N2O2S/c1-2-23(29)28(21-12-10-20(11-13-21)27-14-16-31-17-15-27)24(22-9-6-18-32-22)25(30)26-19-7-4-3-5-8-19;1-5-22(28)27(20-15-13-18(14-16-20)25(2,3)4)23(21-12-9-17-30-21)24(29)26-19-10-7-6-8-11-19;1-4-21(26)25(19-13-12-16(2)15-17(19)3)22(20-11-8-14-28-20)23(27)24-18-9-6-5-7-10-18;1-2-20(27)26(17-10-11-18-15(13-17)14-23-25-18)21(19-9-6-12-29-19)22(28)24-16-7-4-3-5-8-16;1-2-19(26)25(17-11-10-14(22)13-16(17)23)20(18-9-6-12-28-18)21(27)24-15-7-4-3-5-8-15/h1,6,9-13,18-19,24H,3-5,7-8,14-17H2,(H,26,30);1,9,12-17,19,23H,6-8,10-11H2,2-4H3,(H,26,29);1,8,11-15,18,22H,5-7,9-10H2,2-3H3,(H,24,27);1,6,9-14,16,21H,3-5,7-8H2,(H,23,25)(H,24,28);1,6,9-13,15,20H,3-5,7-8H2,(H,24,27). The molecular formula is C116H127F2N13O11S5. The van der Waals surface area contributed by atoms with E-state index in [0.717, 1.165) is 218 Å². The number of aryl methyl sites for hydroxylation is 2. The van der Waals surface area contributed by atoms with Crippen molar-refractivity contribution in [1.29, 1.82) is 0 Å². The second kappa shape index (κ2) is 54.6. The minimum atomic E-state index is -1.13. The maximum Gasteiger partial charge on any atom is 0.303 e. The van der Waals surface area contributed by atoms with Crippen LogP contribution in [0, 0.1) is 87.2 Å². The van der Waals surface area contributed by atoms with E-state index in [2.05, 4.69) is 86.1 Å². The molecule has 17 rings (SSSR count). The average molecular weight is 2080 g/mol. The molecule has 0 radical (unpaired) electrons. The Labute approximate surface area is 880 Å². The number of aromatic amines is 1. The highest BCUT2D eigenvalue weighted by Gasteiger charge is 2.42. The minimum Gasteiger partial charge on any atom is -0.378 e. The summed E-state index contributed by atoms with van der Waals surface area (Å²) in [5, 5.41) is 32.8. The number of hydrogen-bond acceptors (Lipinski definition) is 18. The summed E-state index contributed by atoms with van der Waals surface area (Å²) in [7, 11) is 0. The SMILES string of the molecule is C#CC(=O)N(c1ccc(C(C)(C)C)cc1)C(C(=O)NC1CCCCC1)c1cccs1.C#CC(=O)N(c1ccc(C)cc1C)C(C(=O)NC1CCCCC1)c1cccs1.C#CC(=O)N(c1ccc(F)cc1F)C(C(=O)NC1CCCCC1)c1cccs1.C#CC(=O)N(c1ccc(N2CCOCC2)cc1)C(C(=O)NC1CCCCC1)c1cccs1.C#CC(=O)N(c1ccc2[nH]ncc2c1)C(C(=O)NC1CCCCC1)c1cccs1. The molecule has 7 heterocycles. The molecule has 0 spiro atoms. The molecule has 6 N–H and O–H groups in total. The lowest BCUT2D eigenvalue weighted by atomic mass is 9.87. The van der Waals surface area contributed by atoms with Crippen LogP contribution in [0.4, 0.5) is 42.9 Å². The number of H-pyrrole nitrogens is 1. The normalized spacial score (nSPS) is 16.1. The third-order valence-electron chi connectivity index (χ3n) is 27.1. The number of nitrogens with zero attached hydrogens (tertiary/aromatic N) is 7. The van der Waals surface area contributed by atoms with E-state index in [9.17, 15) is 56.7 Å². The molecule has 6 aromatic heterocycles.